The largest absolute Gasteiger partial charge is 0.457 e. The smallest absolute Gasteiger partial charge is 0.270 e. The van der Waals surface area contributed by atoms with Crippen molar-refractivity contribution in [2.24, 2.45) is 0 Å². The minimum atomic E-state index is -0.520. The molecule has 5 nitrogen and oxygen atoms in total. The van der Waals surface area contributed by atoms with Crippen LogP contribution < -0.4 is 0 Å². The molecule has 1 heterocycles. The SMILES string of the molecule is O=C(/C=C/c1ccc(-c2ccc([N+](=O)[O-])cc2Cl)o1)c1ccc(Cl)cc1. The first-order chi connectivity index (χ1) is 12.4. The molecule has 0 fully saturated rings. The second kappa shape index (κ2) is 7.56. The summed E-state index contributed by atoms with van der Waals surface area (Å²) in [5.74, 6) is 0.716. The van der Waals surface area contributed by atoms with Gasteiger partial charge in [0.05, 0.1) is 9.95 Å². The van der Waals surface area contributed by atoms with Gasteiger partial charge in [-0.25, -0.2) is 0 Å². The first-order valence-electron chi connectivity index (χ1n) is 7.46. The van der Waals surface area contributed by atoms with Gasteiger partial charge in [-0.15, -0.1) is 0 Å². The molecule has 3 rings (SSSR count). The Bertz CT molecular complexity index is 1010. The van der Waals surface area contributed by atoms with Gasteiger partial charge in [0.1, 0.15) is 11.5 Å². The second-order valence-electron chi connectivity index (χ2n) is 5.33. The molecular formula is C19H11Cl2NO4. The molecule has 0 aliphatic heterocycles. The lowest BCUT2D eigenvalue weighted by molar-refractivity contribution is -0.384. The number of nitro benzene ring substituents is 1. The van der Waals surface area contributed by atoms with Crippen LogP contribution in [0.2, 0.25) is 10.0 Å². The third kappa shape index (κ3) is 4.02. The molecular weight excluding hydrogens is 377 g/mol. The number of halogens is 2. The molecule has 0 saturated heterocycles. The average Bonchev–Trinajstić information content (AvgIpc) is 3.08. The number of nitro groups is 1. The van der Waals surface area contributed by atoms with Gasteiger partial charge in [-0.1, -0.05) is 23.2 Å². The maximum absolute atomic E-state index is 12.1. The number of carbonyl (C=O) groups is 1. The molecule has 7 heteroatoms. The summed E-state index contributed by atoms with van der Waals surface area (Å²) in [6.07, 6.45) is 2.93. The Morgan fingerprint density at radius 1 is 1.04 bits per heavy atom. The van der Waals surface area contributed by atoms with Crippen molar-refractivity contribution >= 4 is 40.7 Å². The lowest BCUT2D eigenvalue weighted by atomic mass is 10.1. The van der Waals surface area contributed by atoms with Gasteiger partial charge in [-0.05, 0) is 54.6 Å². The maximum atomic E-state index is 12.1. The van der Waals surface area contributed by atoms with Gasteiger partial charge in [0.2, 0.25) is 0 Å². The molecule has 0 bridgehead atoms. The molecule has 0 atom stereocenters. The Morgan fingerprint density at radius 2 is 1.77 bits per heavy atom. The number of non-ortho nitro benzene ring substituents is 1. The van der Waals surface area contributed by atoms with Gasteiger partial charge in [-0.2, -0.15) is 0 Å². The number of hydrogen-bond acceptors (Lipinski definition) is 4. The van der Waals surface area contributed by atoms with Crippen molar-refractivity contribution in [3.05, 3.63) is 92.2 Å². The van der Waals surface area contributed by atoms with Crippen LogP contribution in [0.25, 0.3) is 17.4 Å². The molecule has 0 unspecified atom stereocenters. The summed E-state index contributed by atoms with van der Waals surface area (Å²) in [5, 5.41) is 11.5. The maximum Gasteiger partial charge on any atom is 0.270 e. The minimum absolute atomic E-state index is 0.0982. The van der Waals surface area contributed by atoms with Crippen LogP contribution in [0.15, 0.2) is 65.1 Å². The van der Waals surface area contributed by atoms with E-state index in [1.54, 1.807) is 42.5 Å². The Balaban J connectivity index is 1.78. The summed E-state index contributed by atoms with van der Waals surface area (Å²) in [5.41, 5.74) is 0.941. The molecule has 0 N–H and O–H groups in total. The number of carbonyl (C=O) groups excluding carboxylic acids is 1. The highest BCUT2D eigenvalue weighted by Crippen LogP contribution is 2.32. The van der Waals surface area contributed by atoms with Crippen molar-refractivity contribution in [3.63, 3.8) is 0 Å². The third-order valence-corrected chi connectivity index (χ3v) is 4.15. The fraction of sp³-hybridized carbons (Fsp3) is 0. The molecule has 0 radical (unpaired) electrons. The Labute approximate surface area is 158 Å². The van der Waals surface area contributed by atoms with E-state index >= 15 is 0 Å². The highest BCUT2D eigenvalue weighted by Gasteiger charge is 2.13. The molecule has 2 aromatic carbocycles. The minimum Gasteiger partial charge on any atom is -0.457 e. The van der Waals surface area contributed by atoms with Crippen molar-refractivity contribution in [1.82, 2.24) is 0 Å². The fourth-order valence-corrected chi connectivity index (χ4v) is 2.67. The number of allylic oxidation sites excluding steroid dienone is 1. The second-order valence-corrected chi connectivity index (χ2v) is 6.17. The van der Waals surface area contributed by atoms with E-state index < -0.39 is 4.92 Å². The molecule has 0 spiro atoms. The molecule has 0 aliphatic rings. The quantitative estimate of drug-likeness (QED) is 0.231. The molecule has 1 aromatic heterocycles. The zero-order valence-electron chi connectivity index (χ0n) is 13.2. The highest BCUT2D eigenvalue weighted by atomic mass is 35.5. The lowest BCUT2D eigenvalue weighted by Crippen LogP contribution is -1.92. The third-order valence-electron chi connectivity index (χ3n) is 3.58. The van der Waals surface area contributed by atoms with Gasteiger partial charge < -0.3 is 4.42 Å². The van der Waals surface area contributed by atoms with E-state index in [1.807, 2.05) is 0 Å². The molecule has 26 heavy (non-hydrogen) atoms. The normalized spacial score (nSPS) is 11.0. The van der Waals surface area contributed by atoms with Crippen LogP contribution >= 0.6 is 23.2 Å². The van der Waals surface area contributed by atoms with E-state index in [0.29, 0.717) is 27.7 Å². The summed E-state index contributed by atoms with van der Waals surface area (Å²) in [6, 6.07) is 14.1. The molecule has 3 aromatic rings. The standard InChI is InChI=1S/C19H11Cl2NO4/c20-13-3-1-12(2-4-13)18(23)9-6-15-7-10-19(26-15)16-8-5-14(22(24)25)11-17(16)21/h1-11H/b9-6+. The van der Waals surface area contributed by atoms with Gasteiger partial charge in [0, 0.05) is 28.3 Å². The number of benzene rings is 2. The molecule has 130 valence electrons. The highest BCUT2D eigenvalue weighted by molar-refractivity contribution is 6.33. The van der Waals surface area contributed by atoms with Crippen LogP contribution in [-0.2, 0) is 0 Å². The van der Waals surface area contributed by atoms with Crippen molar-refractivity contribution in [1.29, 1.82) is 0 Å². The van der Waals surface area contributed by atoms with Crippen molar-refractivity contribution < 1.29 is 14.1 Å². The van der Waals surface area contributed by atoms with E-state index in [-0.39, 0.29) is 16.5 Å². The molecule has 0 aliphatic carbocycles. The van der Waals surface area contributed by atoms with Crippen LogP contribution in [0.5, 0.6) is 0 Å². The monoisotopic (exact) mass is 387 g/mol. The number of nitrogens with zero attached hydrogens (tertiary/aromatic N) is 1. The topological polar surface area (TPSA) is 73.3 Å². The first-order valence-corrected chi connectivity index (χ1v) is 8.22. The fourth-order valence-electron chi connectivity index (χ4n) is 2.27. The summed E-state index contributed by atoms with van der Waals surface area (Å²) >= 11 is 11.9. The van der Waals surface area contributed by atoms with E-state index in [2.05, 4.69) is 0 Å². The van der Waals surface area contributed by atoms with Crippen molar-refractivity contribution in [2.75, 3.05) is 0 Å². The van der Waals surface area contributed by atoms with Crippen LogP contribution in [0.1, 0.15) is 16.1 Å². The average molecular weight is 388 g/mol. The predicted octanol–water partition coefficient (Wildman–Crippen LogP) is 6.06. The van der Waals surface area contributed by atoms with Crippen molar-refractivity contribution in [2.45, 2.75) is 0 Å². The summed E-state index contributed by atoms with van der Waals surface area (Å²) in [6.45, 7) is 0. The number of furan rings is 1. The number of rotatable bonds is 5. The Morgan fingerprint density at radius 3 is 2.42 bits per heavy atom. The van der Waals surface area contributed by atoms with Crippen molar-refractivity contribution in [3.8, 4) is 11.3 Å². The van der Waals surface area contributed by atoms with Gasteiger partial charge >= 0.3 is 0 Å². The summed E-state index contributed by atoms with van der Waals surface area (Å²) in [7, 11) is 0. The van der Waals surface area contributed by atoms with Crippen LogP contribution in [0.4, 0.5) is 5.69 Å². The van der Waals surface area contributed by atoms with E-state index in [1.165, 1.54) is 24.3 Å². The molecule has 0 amide bonds. The van der Waals surface area contributed by atoms with E-state index in [4.69, 9.17) is 27.6 Å². The van der Waals surface area contributed by atoms with Crippen LogP contribution in [-0.4, -0.2) is 10.7 Å². The first kappa shape index (κ1) is 17.9. The van der Waals surface area contributed by atoms with Gasteiger partial charge in [-0.3, -0.25) is 14.9 Å². The van der Waals surface area contributed by atoms with Gasteiger partial charge in [0.15, 0.2) is 5.78 Å². The lowest BCUT2D eigenvalue weighted by Gasteiger charge is -2.00. The van der Waals surface area contributed by atoms with Crippen LogP contribution in [0, 0.1) is 10.1 Å². The Hall–Kier alpha value is -2.89. The van der Waals surface area contributed by atoms with Gasteiger partial charge in [0.25, 0.3) is 5.69 Å². The zero-order chi connectivity index (χ0) is 18.7. The number of hydrogen-bond donors (Lipinski definition) is 0. The Kier molecular flexibility index (Phi) is 5.21. The summed E-state index contributed by atoms with van der Waals surface area (Å²) < 4.78 is 5.64. The van der Waals surface area contributed by atoms with E-state index in [0.717, 1.165) is 0 Å². The van der Waals surface area contributed by atoms with Crippen LogP contribution in [0.3, 0.4) is 0 Å². The van der Waals surface area contributed by atoms with E-state index in [9.17, 15) is 14.9 Å². The summed E-state index contributed by atoms with van der Waals surface area (Å²) in [4.78, 5) is 22.4. The number of ketones is 1. The predicted molar refractivity (Wildman–Crippen MR) is 101 cm³/mol. The molecule has 0 saturated carbocycles. The zero-order valence-corrected chi connectivity index (χ0v) is 14.7.